The van der Waals surface area contributed by atoms with Gasteiger partial charge in [0.25, 0.3) is 5.91 Å². The Balaban J connectivity index is 1.27. The van der Waals surface area contributed by atoms with Gasteiger partial charge in [-0.15, -0.1) is 10.2 Å². The van der Waals surface area contributed by atoms with Gasteiger partial charge in [0.05, 0.1) is 23.8 Å². The van der Waals surface area contributed by atoms with Crippen LogP contribution in [-0.2, 0) is 6.18 Å². The molecule has 1 atom stereocenters. The van der Waals surface area contributed by atoms with Gasteiger partial charge in [0.1, 0.15) is 0 Å². The Morgan fingerprint density at radius 1 is 0.946 bits per heavy atom. The molecule has 2 amide bonds. The van der Waals surface area contributed by atoms with Crippen molar-refractivity contribution in [3.63, 3.8) is 0 Å². The number of hydrogen-bond acceptors (Lipinski definition) is 7. The van der Waals surface area contributed by atoms with Crippen molar-refractivity contribution >= 4 is 17.8 Å². The summed E-state index contributed by atoms with van der Waals surface area (Å²) in [5, 5.41) is 20.5. The molecule has 0 unspecified atom stereocenters. The fourth-order valence-electron chi connectivity index (χ4n) is 3.87. The maximum absolute atomic E-state index is 13.3. The van der Waals surface area contributed by atoms with Gasteiger partial charge >= 0.3 is 12.3 Å². The lowest BCUT2D eigenvalue weighted by Gasteiger charge is -2.35. The van der Waals surface area contributed by atoms with Gasteiger partial charge in [-0.25, -0.2) is 4.79 Å². The molecule has 9 nitrogen and oxygen atoms in total. The third-order valence-electron chi connectivity index (χ3n) is 5.80. The minimum atomic E-state index is -4.62. The highest BCUT2D eigenvalue weighted by atomic mass is 19.4. The maximum atomic E-state index is 13.3. The van der Waals surface area contributed by atoms with E-state index in [4.69, 9.17) is 4.74 Å². The van der Waals surface area contributed by atoms with Crippen LogP contribution in [0.1, 0.15) is 27.6 Å². The van der Waals surface area contributed by atoms with Crippen molar-refractivity contribution in [3.8, 4) is 5.88 Å². The van der Waals surface area contributed by atoms with E-state index >= 15 is 0 Å². The quantitative estimate of drug-likeness (QED) is 0.519. The summed E-state index contributed by atoms with van der Waals surface area (Å²) in [4.78, 5) is 28.0. The van der Waals surface area contributed by atoms with Crippen molar-refractivity contribution in [2.24, 2.45) is 0 Å². The number of aromatic nitrogens is 2. The van der Waals surface area contributed by atoms with Gasteiger partial charge in [0.2, 0.25) is 5.88 Å². The highest BCUT2D eigenvalue weighted by Crippen LogP contribution is 2.32. The van der Waals surface area contributed by atoms with Gasteiger partial charge in [-0.2, -0.15) is 13.2 Å². The second kappa shape index (κ2) is 11.2. The van der Waals surface area contributed by atoms with Crippen LogP contribution >= 0.6 is 0 Å². The molecule has 1 aliphatic heterocycles. The molecule has 2 heterocycles. The minimum Gasteiger partial charge on any atom is -0.390 e. The Morgan fingerprint density at radius 3 is 2.27 bits per heavy atom. The van der Waals surface area contributed by atoms with Crippen LogP contribution in [0.4, 0.5) is 23.8 Å². The lowest BCUT2D eigenvalue weighted by molar-refractivity contribution is -0.138. The van der Waals surface area contributed by atoms with Gasteiger partial charge in [0, 0.05) is 32.2 Å². The molecule has 0 radical (unpaired) electrons. The SMILES string of the molecule is O=C(NC[C@@H](O)c1ccccc1)Oc1ccc(N2CCN(C(=O)c3ccccc3C(F)(F)F)CC2)nn1. The molecular formula is C25H24F3N5O4. The van der Waals surface area contributed by atoms with Crippen LogP contribution in [0.5, 0.6) is 5.88 Å². The monoisotopic (exact) mass is 515 g/mol. The molecule has 0 saturated carbocycles. The molecule has 12 heteroatoms. The van der Waals surface area contributed by atoms with Gasteiger partial charge in [0.15, 0.2) is 5.82 Å². The molecule has 1 aromatic heterocycles. The molecule has 0 aliphatic carbocycles. The van der Waals surface area contributed by atoms with Crippen molar-refractivity contribution < 1.29 is 32.6 Å². The summed E-state index contributed by atoms with van der Waals surface area (Å²) in [7, 11) is 0. The molecule has 4 rings (SSSR count). The largest absolute Gasteiger partial charge is 0.417 e. The number of nitrogens with zero attached hydrogens (tertiary/aromatic N) is 4. The van der Waals surface area contributed by atoms with Crippen LogP contribution in [-0.4, -0.2) is 64.9 Å². The average Bonchev–Trinajstić information content (AvgIpc) is 2.92. The van der Waals surface area contributed by atoms with Crippen molar-refractivity contribution in [3.05, 3.63) is 83.4 Å². The van der Waals surface area contributed by atoms with Crippen molar-refractivity contribution in [1.29, 1.82) is 0 Å². The number of piperazine rings is 1. The fraction of sp³-hybridized carbons (Fsp3) is 0.280. The first-order valence-corrected chi connectivity index (χ1v) is 11.5. The van der Waals surface area contributed by atoms with Crippen LogP contribution in [0.2, 0.25) is 0 Å². The molecule has 194 valence electrons. The summed E-state index contributed by atoms with van der Waals surface area (Å²) in [5.41, 5.74) is -0.680. The Morgan fingerprint density at radius 2 is 1.62 bits per heavy atom. The number of carbonyl (C=O) groups excluding carboxylic acids is 2. The number of carbonyl (C=O) groups is 2. The van der Waals surface area contributed by atoms with E-state index in [2.05, 4.69) is 15.5 Å². The number of rotatable bonds is 6. The summed E-state index contributed by atoms with van der Waals surface area (Å²) >= 11 is 0. The Kier molecular flexibility index (Phi) is 7.87. The highest BCUT2D eigenvalue weighted by molar-refractivity contribution is 5.96. The molecular weight excluding hydrogens is 491 g/mol. The average molecular weight is 515 g/mol. The first-order chi connectivity index (χ1) is 17.7. The van der Waals surface area contributed by atoms with Crippen LogP contribution < -0.4 is 15.0 Å². The van der Waals surface area contributed by atoms with E-state index in [0.717, 1.165) is 6.07 Å². The molecule has 37 heavy (non-hydrogen) atoms. The van der Waals surface area contributed by atoms with Crippen LogP contribution in [0.25, 0.3) is 0 Å². The lowest BCUT2D eigenvalue weighted by Crippen LogP contribution is -2.49. The Bertz CT molecular complexity index is 1220. The maximum Gasteiger partial charge on any atom is 0.417 e. The first kappa shape index (κ1) is 25.9. The van der Waals surface area contributed by atoms with E-state index in [1.807, 2.05) is 11.0 Å². The molecule has 1 saturated heterocycles. The summed E-state index contributed by atoms with van der Waals surface area (Å²) in [6.07, 6.45) is -6.32. The third kappa shape index (κ3) is 6.53. The third-order valence-corrected chi connectivity index (χ3v) is 5.80. The Labute approximate surface area is 210 Å². The number of benzene rings is 2. The predicted molar refractivity (Wildman–Crippen MR) is 127 cm³/mol. The standard InChI is InChI=1S/C25H24F3N5O4/c26-25(27,28)19-9-5-4-8-18(19)23(35)33-14-12-32(13-15-33)21-10-11-22(31-30-21)37-24(36)29-16-20(34)17-6-2-1-3-7-17/h1-11,20,34H,12-16H2,(H,29,36)/t20-/m1/s1. The van der Waals surface area contributed by atoms with Crippen LogP contribution in [0, 0.1) is 0 Å². The molecule has 2 aromatic carbocycles. The summed E-state index contributed by atoms with van der Waals surface area (Å²) in [6.45, 7) is 1.04. The zero-order valence-electron chi connectivity index (χ0n) is 19.6. The number of ether oxygens (including phenoxy) is 1. The Hall–Kier alpha value is -4.19. The number of alkyl halides is 3. The summed E-state index contributed by atoms with van der Waals surface area (Å²) < 4.78 is 44.9. The first-order valence-electron chi connectivity index (χ1n) is 11.5. The van der Waals surface area contributed by atoms with Crippen molar-refractivity contribution in [2.45, 2.75) is 12.3 Å². The molecule has 3 aromatic rings. The number of aliphatic hydroxyl groups excluding tert-OH is 1. The van der Waals surface area contributed by atoms with Crippen molar-refractivity contribution in [2.75, 3.05) is 37.6 Å². The van der Waals surface area contributed by atoms with Gasteiger partial charge in [-0.05, 0) is 23.8 Å². The number of nitrogens with one attached hydrogen (secondary N) is 1. The molecule has 1 aliphatic rings. The zero-order chi connectivity index (χ0) is 26.4. The van der Waals surface area contributed by atoms with Gasteiger partial charge in [-0.3, -0.25) is 4.79 Å². The minimum absolute atomic E-state index is 0.0481. The normalized spacial score (nSPS) is 14.7. The summed E-state index contributed by atoms with van der Waals surface area (Å²) in [6, 6.07) is 16.6. The number of hydrogen-bond donors (Lipinski definition) is 2. The van der Waals surface area contributed by atoms with E-state index in [9.17, 15) is 27.9 Å². The molecule has 0 spiro atoms. The second-order valence-electron chi connectivity index (χ2n) is 8.25. The number of amides is 2. The number of halogens is 3. The van der Waals surface area contributed by atoms with Gasteiger partial charge < -0.3 is 25.0 Å². The van der Waals surface area contributed by atoms with Crippen LogP contribution in [0.3, 0.4) is 0 Å². The summed E-state index contributed by atoms with van der Waals surface area (Å²) in [5.74, 6) is -0.256. The second-order valence-corrected chi connectivity index (χ2v) is 8.25. The molecule has 1 fully saturated rings. The van der Waals surface area contributed by atoms with Crippen molar-refractivity contribution in [1.82, 2.24) is 20.4 Å². The smallest absolute Gasteiger partial charge is 0.390 e. The lowest BCUT2D eigenvalue weighted by atomic mass is 10.1. The molecule has 2 N–H and O–H groups in total. The fourth-order valence-corrected chi connectivity index (χ4v) is 3.87. The van der Waals surface area contributed by atoms with E-state index in [0.29, 0.717) is 24.5 Å². The van der Waals surface area contributed by atoms with E-state index in [1.165, 1.54) is 29.2 Å². The van der Waals surface area contributed by atoms with Gasteiger partial charge in [-0.1, -0.05) is 42.5 Å². The van der Waals surface area contributed by atoms with E-state index in [-0.39, 0.29) is 31.1 Å². The van der Waals surface area contributed by atoms with E-state index < -0.39 is 29.8 Å². The number of aliphatic hydroxyl groups is 1. The topological polar surface area (TPSA) is 108 Å². The number of anilines is 1. The van der Waals surface area contributed by atoms with E-state index in [1.54, 1.807) is 30.3 Å². The highest BCUT2D eigenvalue weighted by Gasteiger charge is 2.36. The predicted octanol–water partition coefficient (Wildman–Crippen LogP) is 3.28. The van der Waals surface area contributed by atoms with Crippen LogP contribution in [0.15, 0.2) is 66.7 Å². The zero-order valence-corrected chi connectivity index (χ0v) is 19.6. The molecule has 0 bridgehead atoms.